The van der Waals surface area contributed by atoms with Gasteiger partial charge in [0.25, 0.3) is 0 Å². The maximum Gasteiger partial charge on any atom is 0.223 e. The molecular weight excluding hydrogens is 128 g/mol. The van der Waals surface area contributed by atoms with Gasteiger partial charge in [0.15, 0.2) is 0 Å². The molecule has 2 N–H and O–H groups in total. The highest BCUT2D eigenvalue weighted by Crippen LogP contribution is 2.15. The minimum atomic E-state index is -0.248. The van der Waals surface area contributed by atoms with Crippen LogP contribution in [0.15, 0.2) is 0 Å². The molecule has 8 heavy (non-hydrogen) atoms. The molecule has 0 atom stereocenters. The largest absolute Gasteiger partial charge is 0.369 e. The van der Waals surface area contributed by atoms with Crippen molar-refractivity contribution in [3.63, 3.8) is 0 Å². The smallest absolute Gasteiger partial charge is 0.223 e. The molecule has 0 bridgehead atoms. The number of nitrogens with two attached hydrogens (primary N) is 1. The van der Waals surface area contributed by atoms with Crippen molar-refractivity contribution in [2.24, 2.45) is 11.7 Å². The van der Waals surface area contributed by atoms with E-state index in [1.54, 1.807) is 0 Å². The highest BCUT2D eigenvalue weighted by molar-refractivity contribution is 6.14. The molecule has 0 aromatic rings. The molecule has 1 rings (SSSR count). The molecule has 3 nitrogen and oxygen atoms in total. The quantitative estimate of drug-likeness (QED) is 0.494. The molecule has 1 fully saturated rings. The molecule has 0 aromatic carbocycles. The normalized spacial score (nSPS) is 22.6. The number of carbonyl (C=O) groups is 1. The van der Waals surface area contributed by atoms with E-state index in [0.717, 1.165) is 0 Å². The van der Waals surface area contributed by atoms with E-state index in [1.165, 1.54) is 4.42 Å². The second-order valence-electron chi connectivity index (χ2n) is 1.93. The third-order valence-electron chi connectivity index (χ3n) is 1.24. The summed E-state index contributed by atoms with van der Waals surface area (Å²) < 4.78 is 1.54. The van der Waals surface area contributed by atoms with Gasteiger partial charge in [0, 0.05) is 13.1 Å². The van der Waals surface area contributed by atoms with Crippen molar-refractivity contribution >= 4 is 17.7 Å². The van der Waals surface area contributed by atoms with Crippen molar-refractivity contribution in [2.75, 3.05) is 13.1 Å². The van der Waals surface area contributed by atoms with Crippen LogP contribution in [0.5, 0.6) is 0 Å². The molecule has 0 saturated carbocycles. The summed E-state index contributed by atoms with van der Waals surface area (Å²) in [6.07, 6.45) is 0. The van der Waals surface area contributed by atoms with Crippen molar-refractivity contribution in [3.8, 4) is 0 Å². The monoisotopic (exact) mass is 134 g/mol. The molecule has 0 aromatic heterocycles. The predicted molar refractivity (Wildman–Crippen MR) is 30.1 cm³/mol. The minimum absolute atomic E-state index is 0.00694. The predicted octanol–water partition coefficient (Wildman–Crippen LogP) is -0.443. The van der Waals surface area contributed by atoms with Gasteiger partial charge in [0.2, 0.25) is 5.91 Å². The zero-order chi connectivity index (χ0) is 6.15. The summed E-state index contributed by atoms with van der Waals surface area (Å²) in [5.74, 6) is -0.255. The van der Waals surface area contributed by atoms with Gasteiger partial charge in [-0.1, -0.05) is 0 Å². The summed E-state index contributed by atoms with van der Waals surface area (Å²) in [5.41, 5.74) is 4.94. The molecule has 0 spiro atoms. The van der Waals surface area contributed by atoms with Gasteiger partial charge in [-0.05, 0) is 11.8 Å². The van der Waals surface area contributed by atoms with E-state index in [2.05, 4.69) is 0 Å². The van der Waals surface area contributed by atoms with E-state index in [-0.39, 0.29) is 11.8 Å². The Bertz CT molecular complexity index is 111. The molecule has 46 valence electrons. The minimum Gasteiger partial charge on any atom is -0.369 e. The molecule has 4 heteroatoms. The van der Waals surface area contributed by atoms with Crippen LogP contribution in [0.25, 0.3) is 0 Å². The van der Waals surface area contributed by atoms with Gasteiger partial charge < -0.3 is 5.73 Å². The fourth-order valence-corrected chi connectivity index (χ4v) is 0.938. The molecule has 1 saturated heterocycles. The van der Waals surface area contributed by atoms with Gasteiger partial charge in [-0.15, -0.1) is 0 Å². The number of nitrogens with zero attached hydrogens (tertiary/aromatic N) is 1. The van der Waals surface area contributed by atoms with Gasteiger partial charge in [0.05, 0.1) is 5.92 Å². The van der Waals surface area contributed by atoms with Crippen LogP contribution in [-0.2, 0) is 4.79 Å². The average molecular weight is 135 g/mol. The topological polar surface area (TPSA) is 46.3 Å². The molecule has 1 amide bonds. The van der Waals surface area contributed by atoms with Crippen LogP contribution < -0.4 is 5.73 Å². The molecule has 0 unspecified atom stereocenters. The lowest BCUT2D eigenvalue weighted by atomic mass is 10.0. The first-order valence-electron chi connectivity index (χ1n) is 2.40. The Balaban J connectivity index is 2.25. The maximum absolute atomic E-state index is 10.3. The summed E-state index contributed by atoms with van der Waals surface area (Å²) in [7, 11) is 0. The van der Waals surface area contributed by atoms with Gasteiger partial charge in [-0.3, -0.25) is 4.79 Å². The lowest BCUT2D eigenvalue weighted by Gasteiger charge is -2.30. The Labute approximate surface area is 52.5 Å². The average Bonchev–Trinajstić information content (AvgIpc) is 1.57. The van der Waals surface area contributed by atoms with Crippen molar-refractivity contribution in [1.29, 1.82) is 0 Å². The summed E-state index contributed by atoms with van der Waals surface area (Å²) >= 11 is 5.41. The molecule has 1 heterocycles. The number of carbonyl (C=O) groups excluding carboxylic acids is 1. The first-order valence-corrected chi connectivity index (χ1v) is 2.74. The fourth-order valence-electron chi connectivity index (χ4n) is 0.605. The maximum atomic E-state index is 10.3. The van der Waals surface area contributed by atoms with Crippen LogP contribution in [0.3, 0.4) is 0 Å². The molecule has 1 aliphatic rings. The van der Waals surface area contributed by atoms with Crippen molar-refractivity contribution in [1.82, 2.24) is 4.42 Å². The fraction of sp³-hybridized carbons (Fsp3) is 0.750. The van der Waals surface area contributed by atoms with Crippen molar-refractivity contribution in [2.45, 2.75) is 0 Å². The molecular formula is C4H7ClN2O. The lowest BCUT2D eigenvalue weighted by molar-refractivity contribution is -0.124. The number of hydrogen-bond donors (Lipinski definition) is 1. The Morgan fingerprint density at radius 2 is 2.25 bits per heavy atom. The van der Waals surface area contributed by atoms with E-state index in [4.69, 9.17) is 17.5 Å². The number of amides is 1. The van der Waals surface area contributed by atoms with Gasteiger partial charge >= 0.3 is 0 Å². The molecule has 0 radical (unpaired) electrons. The summed E-state index contributed by atoms with van der Waals surface area (Å²) in [4.78, 5) is 10.3. The second kappa shape index (κ2) is 1.91. The van der Waals surface area contributed by atoms with E-state index in [1.807, 2.05) is 0 Å². The van der Waals surface area contributed by atoms with Gasteiger partial charge in [-0.2, -0.15) is 0 Å². The standard InChI is InChI=1S/C4H7ClN2O/c5-7-1-3(2-7)4(6)8/h3H,1-2H2,(H2,6,8). The van der Waals surface area contributed by atoms with E-state index >= 15 is 0 Å². The molecule has 1 aliphatic heterocycles. The number of rotatable bonds is 1. The molecule has 0 aliphatic carbocycles. The van der Waals surface area contributed by atoms with Gasteiger partial charge in [0.1, 0.15) is 0 Å². The Hall–Kier alpha value is -0.280. The Morgan fingerprint density at radius 3 is 2.38 bits per heavy atom. The van der Waals surface area contributed by atoms with Gasteiger partial charge in [-0.25, -0.2) is 4.42 Å². The second-order valence-corrected chi connectivity index (χ2v) is 2.41. The first kappa shape index (κ1) is 5.85. The zero-order valence-electron chi connectivity index (χ0n) is 4.30. The summed E-state index contributed by atoms with van der Waals surface area (Å²) in [5, 5.41) is 0. The van der Waals surface area contributed by atoms with Crippen molar-refractivity contribution in [3.05, 3.63) is 0 Å². The van der Waals surface area contributed by atoms with Crippen LogP contribution in [0.4, 0.5) is 0 Å². The highest BCUT2D eigenvalue weighted by atomic mass is 35.5. The van der Waals surface area contributed by atoms with Crippen LogP contribution in [-0.4, -0.2) is 23.4 Å². The zero-order valence-corrected chi connectivity index (χ0v) is 5.06. The number of primary amides is 1. The van der Waals surface area contributed by atoms with E-state index < -0.39 is 0 Å². The highest BCUT2D eigenvalue weighted by Gasteiger charge is 2.29. The summed E-state index contributed by atoms with van der Waals surface area (Å²) in [6, 6.07) is 0. The van der Waals surface area contributed by atoms with E-state index in [0.29, 0.717) is 13.1 Å². The van der Waals surface area contributed by atoms with Crippen LogP contribution >= 0.6 is 11.8 Å². The van der Waals surface area contributed by atoms with Crippen LogP contribution in [0.1, 0.15) is 0 Å². The third-order valence-corrected chi connectivity index (χ3v) is 1.52. The van der Waals surface area contributed by atoms with Crippen molar-refractivity contribution < 1.29 is 4.79 Å². The van der Waals surface area contributed by atoms with Crippen LogP contribution in [0.2, 0.25) is 0 Å². The third kappa shape index (κ3) is 0.928. The Morgan fingerprint density at radius 1 is 1.75 bits per heavy atom. The first-order chi connectivity index (χ1) is 3.70. The van der Waals surface area contributed by atoms with Crippen LogP contribution in [0, 0.1) is 5.92 Å². The lowest BCUT2D eigenvalue weighted by Crippen LogP contribution is -2.47. The summed E-state index contributed by atoms with van der Waals surface area (Å²) in [6.45, 7) is 1.22. The Kier molecular flexibility index (Phi) is 1.40. The van der Waals surface area contributed by atoms with E-state index in [9.17, 15) is 4.79 Å². The number of halogens is 1. The number of hydrogen-bond acceptors (Lipinski definition) is 2. The SMILES string of the molecule is NC(=O)C1CN(Cl)C1.